The van der Waals surface area contributed by atoms with Gasteiger partial charge in [0.1, 0.15) is 12.4 Å². The molecule has 19 heavy (non-hydrogen) atoms. The fourth-order valence-electron chi connectivity index (χ4n) is 1.88. The van der Waals surface area contributed by atoms with Crippen LogP contribution in [0.4, 0.5) is 10.1 Å². The molecule has 1 saturated carbocycles. The summed E-state index contributed by atoms with van der Waals surface area (Å²) in [6.07, 6.45) is 1.98. The number of aliphatic carboxylic acids is 1. The molecule has 102 valence electrons. The quantitative estimate of drug-likeness (QED) is 0.788. The third-order valence-corrected chi connectivity index (χ3v) is 3.03. The van der Waals surface area contributed by atoms with Crippen molar-refractivity contribution in [3.8, 4) is 0 Å². The van der Waals surface area contributed by atoms with Crippen LogP contribution in [-0.4, -0.2) is 35.0 Å². The molecule has 1 aliphatic carbocycles. The summed E-state index contributed by atoms with van der Waals surface area (Å²) in [6, 6.07) is 3.51. The van der Waals surface area contributed by atoms with Gasteiger partial charge in [-0.1, -0.05) is 0 Å². The Kier molecular flexibility index (Phi) is 3.69. The van der Waals surface area contributed by atoms with E-state index in [2.05, 4.69) is 0 Å². The first-order valence-electron chi connectivity index (χ1n) is 6.03. The average molecular weight is 266 g/mol. The Morgan fingerprint density at radius 3 is 2.68 bits per heavy atom. The number of benzene rings is 1. The standard InChI is InChI=1S/C13H15FN2O3/c14-9-3-4-11(15)10(5-9)13(19)16(7-12(17)18)6-8-1-2-8/h3-5,8H,1-2,6-7,15H2,(H,17,18). The molecule has 0 spiro atoms. The molecule has 0 radical (unpaired) electrons. The number of nitrogen functional groups attached to an aromatic ring is 1. The van der Waals surface area contributed by atoms with Gasteiger partial charge >= 0.3 is 5.97 Å². The summed E-state index contributed by atoms with van der Waals surface area (Å²) in [5.74, 6) is -1.85. The van der Waals surface area contributed by atoms with Crippen LogP contribution in [0.3, 0.4) is 0 Å². The molecular weight excluding hydrogens is 251 g/mol. The van der Waals surface area contributed by atoms with E-state index in [0.29, 0.717) is 12.5 Å². The van der Waals surface area contributed by atoms with E-state index >= 15 is 0 Å². The number of carbonyl (C=O) groups is 2. The third-order valence-electron chi connectivity index (χ3n) is 3.03. The van der Waals surface area contributed by atoms with E-state index in [1.54, 1.807) is 0 Å². The zero-order chi connectivity index (χ0) is 14.0. The van der Waals surface area contributed by atoms with E-state index in [9.17, 15) is 14.0 Å². The summed E-state index contributed by atoms with van der Waals surface area (Å²) in [7, 11) is 0. The lowest BCUT2D eigenvalue weighted by Crippen LogP contribution is -2.37. The van der Waals surface area contributed by atoms with Gasteiger partial charge in [0.15, 0.2) is 0 Å². The summed E-state index contributed by atoms with van der Waals surface area (Å²) >= 11 is 0. The minimum absolute atomic E-state index is 0.0156. The first kappa shape index (κ1) is 13.3. The topological polar surface area (TPSA) is 83.6 Å². The number of rotatable bonds is 5. The van der Waals surface area contributed by atoms with Crippen molar-refractivity contribution in [2.24, 2.45) is 5.92 Å². The lowest BCUT2D eigenvalue weighted by atomic mass is 10.1. The van der Waals surface area contributed by atoms with Crippen LogP contribution in [0.2, 0.25) is 0 Å². The van der Waals surface area contributed by atoms with Gasteiger partial charge in [-0.2, -0.15) is 0 Å². The predicted octanol–water partition coefficient (Wildman–Crippen LogP) is 1.34. The first-order chi connectivity index (χ1) is 8.97. The average Bonchev–Trinajstić information content (AvgIpc) is 3.14. The van der Waals surface area contributed by atoms with Crippen LogP contribution < -0.4 is 5.73 Å². The first-order valence-corrected chi connectivity index (χ1v) is 6.03. The number of nitrogens with two attached hydrogens (primary N) is 1. The molecule has 2 rings (SSSR count). The van der Waals surface area contributed by atoms with Gasteiger partial charge in [-0.25, -0.2) is 4.39 Å². The van der Waals surface area contributed by atoms with Gasteiger partial charge in [-0.15, -0.1) is 0 Å². The maximum Gasteiger partial charge on any atom is 0.323 e. The van der Waals surface area contributed by atoms with E-state index < -0.39 is 24.2 Å². The van der Waals surface area contributed by atoms with Crippen LogP contribution >= 0.6 is 0 Å². The zero-order valence-corrected chi connectivity index (χ0v) is 10.3. The number of halogens is 1. The molecule has 0 bridgehead atoms. The molecule has 1 amide bonds. The third kappa shape index (κ3) is 3.43. The Hall–Kier alpha value is -2.11. The van der Waals surface area contributed by atoms with Crippen LogP contribution in [0.1, 0.15) is 23.2 Å². The molecule has 1 fully saturated rings. The Bertz CT molecular complexity index is 515. The minimum atomic E-state index is -1.09. The summed E-state index contributed by atoms with van der Waals surface area (Å²) in [6.45, 7) is -0.0215. The second-order valence-corrected chi connectivity index (χ2v) is 4.75. The van der Waals surface area contributed by atoms with E-state index in [0.717, 1.165) is 25.0 Å². The van der Waals surface area contributed by atoms with Crippen molar-refractivity contribution in [1.82, 2.24) is 4.90 Å². The number of nitrogens with zero attached hydrogens (tertiary/aromatic N) is 1. The zero-order valence-electron chi connectivity index (χ0n) is 10.3. The van der Waals surface area contributed by atoms with Crippen molar-refractivity contribution in [3.63, 3.8) is 0 Å². The summed E-state index contributed by atoms with van der Waals surface area (Å²) in [4.78, 5) is 24.2. The molecular formula is C13H15FN2O3. The summed E-state index contributed by atoms with van der Waals surface area (Å²) in [5.41, 5.74) is 5.81. The fourth-order valence-corrected chi connectivity index (χ4v) is 1.88. The Morgan fingerprint density at radius 1 is 1.42 bits per heavy atom. The minimum Gasteiger partial charge on any atom is -0.480 e. The van der Waals surface area contributed by atoms with E-state index in [4.69, 9.17) is 10.8 Å². The van der Waals surface area contributed by atoms with Gasteiger partial charge in [-0.3, -0.25) is 9.59 Å². The molecule has 1 aromatic carbocycles. The Morgan fingerprint density at radius 2 is 2.11 bits per heavy atom. The van der Waals surface area contributed by atoms with E-state index in [-0.39, 0.29) is 11.3 Å². The van der Waals surface area contributed by atoms with Gasteiger partial charge < -0.3 is 15.7 Å². The molecule has 3 N–H and O–H groups in total. The van der Waals surface area contributed by atoms with Crippen LogP contribution in [-0.2, 0) is 4.79 Å². The highest BCUT2D eigenvalue weighted by Crippen LogP contribution is 2.30. The number of hydrogen-bond acceptors (Lipinski definition) is 3. The highest BCUT2D eigenvalue weighted by Gasteiger charge is 2.29. The van der Waals surface area contributed by atoms with Crippen molar-refractivity contribution in [1.29, 1.82) is 0 Å². The number of carbonyl (C=O) groups excluding carboxylic acids is 1. The highest BCUT2D eigenvalue weighted by molar-refractivity contribution is 6.00. The van der Waals surface area contributed by atoms with Crippen molar-refractivity contribution in [2.75, 3.05) is 18.8 Å². The van der Waals surface area contributed by atoms with E-state index in [1.165, 1.54) is 11.0 Å². The molecule has 0 aliphatic heterocycles. The highest BCUT2D eigenvalue weighted by atomic mass is 19.1. The van der Waals surface area contributed by atoms with Gasteiger partial charge in [0.05, 0.1) is 5.56 Å². The molecule has 0 atom stereocenters. The number of carboxylic acids is 1. The molecule has 6 heteroatoms. The van der Waals surface area contributed by atoms with Crippen LogP contribution in [0.25, 0.3) is 0 Å². The maximum absolute atomic E-state index is 13.2. The summed E-state index contributed by atoms with van der Waals surface area (Å²) in [5, 5.41) is 8.84. The molecule has 1 aliphatic rings. The van der Waals surface area contributed by atoms with Gasteiger partial charge in [0, 0.05) is 12.2 Å². The van der Waals surface area contributed by atoms with Crippen LogP contribution in [0.5, 0.6) is 0 Å². The maximum atomic E-state index is 13.2. The number of amides is 1. The van der Waals surface area contributed by atoms with Gasteiger partial charge in [-0.05, 0) is 37.0 Å². The van der Waals surface area contributed by atoms with Crippen LogP contribution in [0.15, 0.2) is 18.2 Å². The lowest BCUT2D eigenvalue weighted by Gasteiger charge is -2.21. The van der Waals surface area contributed by atoms with E-state index in [1.807, 2.05) is 0 Å². The Labute approximate surface area is 109 Å². The lowest BCUT2D eigenvalue weighted by molar-refractivity contribution is -0.137. The second kappa shape index (κ2) is 5.26. The Balaban J connectivity index is 2.21. The normalized spacial score (nSPS) is 14.2. The van der Waals surface area contributed by atoms with Crippen molar-refractivity contribution < 1.29 is 19.1 Å². The predicted molar refractivity (Wildman–Crippen MR) is 67.1 cm³/mol. The SMILES string of the molecule is Nc1ccc(F)cc1C(=O)N(CC(=O)O)CC1CC1. The van der Waals surface area contributed by atoms with Crippen LogP contribution in [0, 0.1) is 11.7 Å². The molecule has 0 saturated heterocycles. The monoisotopic (exact) mass is 266 g/mol. The number of hydrogen-bond donors (Lipinski definition) is 2. The smallest absolute Gasteiger partial charge is 0.323 e. The molecule has 0 aromatic heterocycles. The van der Waals surface area contributed by atoms with Gasteiger partial charge in [0.2, 0.25) is 0 Å². The molecule has 1 aromatic rings. The molecule has 0 unspecified atom stereocenters. The second-order valence-electron chi connectivity index (χ2n) is 4.75. The number of anilines is 1. The summed E-state index contributed by atoms with van der Waals surface area (Å²) < 4.78 is 13.2. The largest absolute Gasteiger partial charge is 0.480 e. The molecule has 0 heterocycles. The van der Waals surface area contributed by atoms with Crippen molar-refractivity contribution >= 4 is 17.6 Å². The fraction of sp³-hybridized carbons (Fsp3) is 0.385. The number of carboxylic acid groups (broad SMARTS) is 1. The molecule has 5 nitrogen and oxygen atoms in total. The van der Waals surface area contributed by atoms with Crippen molar-refractivity contribution in [3.05, 3.63) is 29.6 Å². The van der Waals surface area contributed by atoms with Gasteiger partial charge in [0.25, 0.3) is 5.91 Å². The van der Waals surface area contributed by atoms with Crippen molar-refractivity contribution in [2.45, 2.75) is 12.8 Å².